The molecule has 1 atom stereocenters. The van der Waals surface area contributed by atoms with Gasteiger partial charge >= 0.3 is 5.97 Å². The summed E-state index contributed by atoms with van der Waals surface area (Å²) in [5.74, 6) is -0.823. The number of rotatable bonds is 9. The summed E-state index contributed by atoms with van der Waals surface area (Å²) in [6.45, 7) is 0.803. The summed E-state index contributed by atoms with van der Waals surface area (Å²) in [5.41, 5.74) is 4.89. The van der Waals surface area contributed by atoms with E-state index in [4.69, 9.17) is 17.3 Å². The number of hydrogen-bond donors (Lipinski definition) is 3. The van der Waals surface area contributed by atoms with Crippen LogP contribution in [0.5, 0.6) is 0 Å². The monoisotopic (exact) mass is 421 g/mol. The van der Waals surface area contributed by atoms with Crippen LogP contribution < -0.4 is 11.1 Å². The Morgan fingerprint density at radius 2 is 2.00 bits per heavy atom. The van der Waals surface area contributed by atoms with Crippen molar-refractivity contribution in [3.05, 3.63) is 33.4 Å². The molecule has 0 saturated carbocycles. The zero-order valence-electron chi connectivity index (χ0n) is 12.0. The first-order valence-electron chi connectivity index (χ1n) is 7.06. The van der Waals surface area contributed by atoms with Gasteiger partial charge in [0, 0.05) is 23.0 Å². The van der Waals surface area contributed by atoms with Crippen molar-refractivity contribution in [1.82, 2.24) is 5.32 Å². The Hall–Kier alpha value is -0.730. The van der Waals surface area contributed by atoms with Crippen LogP contribution in [0.3, 0.4) is 0 Å². The van der Waals surface area contributed by atoms with Crippen molar-refractivity contribution in [1.29, 1.82) is 0 Å². The van der Waals surface area contributed by atoms with Gasteiger partial charge in [-0.3, -0.25) is 0 Å². The molecule has 0 unspecified atom stereocenters. The highest BCUT2D eigenvalue weighted by Gasteiger charge is 2.13. The molecule has 5 N–H and O–H groups in total. The predicted octanol–water partition coefficient (Wildman–Crippen LogP) is 2.01. The fourth-order valence-electron chi connectivity index (χ4n) is 1.86. The molecule has 0 spiro atoms. The van der Waals surface area contributed by atoms with E-state index in [0.717, 1.165) is 37.2 Å². The van der Waals surface area contributed by atoms with Gasteiger partial charge in [-0.05, 0) is 59.5 Å². The van der Waals surface area contributed by atoms with Crippen LogP contribution in [-0.2, 0) is 11.2 Å². The molecule has 0 aliphatic carbocycles. The molecule has 0 aliphatic heterocycles. The highest BCUT2D eigenvalue weighted by molar-refractivity contribution is 14.1. The van der Waals surface area contributed by atoms with E-state index in [-0.39, 0.29) is 0 Å². The third-order valence-electron chi connectivity index (χ3n) is 3.20. The molecule has 0 saturated heterocycles. The first-order valence-corrected chi connectivity index (χ1v) is 8.55. The van der Waals surface area contributed by atoms with Gasteiger partial charge in [0.05, 0.1) is 4.99 Å². The van der Waals surface area contributed by atoms with Crippen LogP contribution in [0.15, 0.2) is 24.3 Å². The topological polar surface area (TPSA) is 77.0 Å². The van der Waals surface area contributed by atoms with E-state index in [9.17, 15) is 4.79 Å². The van der Waals surface area contributed by atoms with Crippen molar-refractivity contribution in [2.24, 2.45) is 0 Å². The number of carboxylic acids is 1. The summed E-state index contributed by atoms with van der Waals surface area (Å²) in [6.07, 6.45) is 4.19. The van der Waals surface area contributed by atoms with Crippen LogP contribution in [0, 0.1) is 3.57 Å². The van der Waals surface area contributed by atoms with Crippen molar-refractivity contribution in [2.45, 2.75) is 38.1 Å². The lowest BCUT2D eigenvalue weighted by atomic mass is 10.1. The second-order valence-corrected chi connectivity index (χ2v) is 6.75. The van der Waals surface area contributed by atoms with Gasteiger partial charge in [-0.1, -0.05) is 24.4 Å². The summed E-state index contributed by atoms with van der Waals surface area (Å²) in [5, 5.41) is 12.0. The number of aryl methyl sites for hydroxylation is 1. The number of halogens is 1. The van der Waals surface area contributed by atoms with Crippen LogP contribution in [0.25, 0.3) is 0 Å². The first-order chi connectivity index (χ1) is 9.99. The van der Waals surface area contributed by atoms with Gasteiger partial charge in [-0.25, -0.2) is 4.79 Å². The van der Waals surface area contributed by atoms with E-state index >= 15 is 0 Å². The third-order valence-corrected chi connectivity index (χ3v) is 4.27. The van der Waals surface area contributed by atoms with Crippen molar-refractivity contribution in [3.8, 4) is 0 Å². The minimum atomic E-state index is -0.823. The molecule has 1 rings (SSSR count). The standard InChI is InChI=1S/C15H21IN2O2S/c16-12-7-4-11(5-8-12)6-9-14(21)18-10-2-1-3-13(17)15(19)20/h4-5,7-8,13H,1-3,6,9-10,17H2,(H,18,21)(H,19,20)/p+1/t13-/m0/s1. The first kappa shape index (κ1) is 18.3. The Labute approximate surface area is 144 Å². The predicted molar refractivity (Wildman–Crippen MR) is 96.2 cm³/mol. The largest absolute Gasteiger partial charge is 0.477 e. The SMILES string of the molecule is [NH3+][C@@H](CCCCNC(=S)CCc1ccc(I)cc1)C(=O)O. The van der Waals surface area contributed by atoms with Gasteiger partial charge in [0.1, 0.15) is 0 Å². The van der Waals surface area contributed by atoms with Gasteiger partial charge in [-0.15, -0.1) is 0 Å². The number of unbranched alkanes of at least 4 members (excludes halogenated alkanes) is 1. The smallest absolute Gasteiger partial charge is 0.362 e. The molecule has 0 radical (unpaired) electrons. The number of hydrogen-bond acceptors (Lipinski definition) is 2. The number of carbonyl (C=O) groups is 1. The number of benzene rings is 1. The molecule has 1 aromatic carbocycles. The normalized spacial score (nSPS) is 11.9. The van der Waals surface area contributed by atoms with E-state index in [1.807, 2.05) is 0 Å². The van der Waals surface area contributed by atoms with E-state index in [1.54, 1.807) is 0 Å². The Kier molecular flexibility index (Phi) is 8.79. The second kappa shape index (κ2) is 10.1. The molecule has 116 valence electrons. The Bertz CT molecular complexity index is 465. The molecule has 21 heavy (non-hydrogen) atoms. The van der Waals surface area contributed by atoms with Gasteiger partial charge < -0.3 is 16.2 Å². The molecular formula is C15H22IN2O2S+. The van der Waals surface area contributed by atoms with Crippen LogP contribution in [0.4, 0.5) is 0 Å². The van der Waals surface area contributed by atoms with E-state index in [2.05, 4.69) is 57.9 Å². The number of carboxylic acid groups (broad SMARTS) is 1. The molecule has 0 amide bonds. The maximum atomic E-state index is 10.6. The van der Waals surface area contributed by atoms with Crippen molar-refractivity contribution in [3.63, 3.8) is 0 Å². The quantitative estimate of drug-likeness (QED) is 0.324. The molecular weight excluding hydrogens is 399 g/mol. The maximum absolute atomic E-state index is 10.6. The van der Waals surface area contributed by atoms with Crippen LogP contribution in [0.2, 0.25) is 0 Å². The number of nitrogens with one attached hydrogen (secondary N) is 1. The fraction of sp³-hybridized carbons (Fsp3) is 0.467. The summed E-state index contributed by atoms with van der Waals surface area (Å²) in [7, 11) is 0. The molecule has 0 heterocycles. The lowest BCUT2D eigenvalue weighted by Gasteiger charge is -2.08. The van der Waals surface area contributed by atoms with Gasteiger partial charge in [0.25, 0.3) is 0 Å². The fourth-order valence-corrected chi connectivity index (χ4v) is 2.43. The summed E-state index contributed by atoms with van der Waals surface area (Å²) < 4.78 is 1.24. The molecule has 0 aromatic heterocycles. The Morgan fingerprint density at radius 1 is 1.33 bits per heavy atom. The molecule has 4 nitrogen and oxygen atoms in total. The lowest BCUT2D eigenvalue weighted by molar-refractivity contribution is -0.409. The lowest BCUT2D eigenvalue weighted by Crippen LogP contribution is -2.64. The average molecular weight is 421 g/mol. The highest BCUT2D eigenvalue weighted by Crippen LogP contribution is 2.08. The van der Waals surface area contributed by atoms with E-state index < -0.39 is 12.0 Å². The van der Waals surface area contributed by atoms with Crippen molar-refractivity contribution in [2.75, 3.05) is 6.54 Å². The number of thiocarbonyl (C=S) groups is 1. The van der Waals surface area contributed by atoms with E-state index in [0.29, 0.717) is 6.42 Å². The van der Waals surface area contributed by atoms with Crippen molar-refractivity contribution >= 4 is 45.8 Å². The van der Waals surface area contributed by atoms with Gasteiger partial charge in [0.15, 0.2) is 6.04 Å². The number of quaternary nitrogens is 1. The maximum Gasteiger partial charge on any atom is 0.362 e. The molecule has 0 fully saturated rings. The van der Waals surface area contributed by atoms with Crippen LogP contribution in [0.1, 0.15) is 31.2 Å². The van der Waals surface area contributed by atoms with Gasteiger partial charge in [-0.2, -0.15) is 0 Å². The van der Waals surface area contributed by atoms with Crippen LogP contribution >= 0.6 is 34.8 Å². The number of aliphatic carboxylic acids is 1. The zero-order valence-corrected chi connectivity index (χ0v) is 15.0. The summed E-state index contributed by atoms with van der Waals surface area (Å²) in [4.78, 5) is 11.5. The molecule has 1 aromatic rings. The Morgan fingerprint density at radius 3 is 2.62 bits per heavy atom. The molecule has 6 heteroatoms. The second-order valence-electron chi connectivity index (χ2n) is 5.01. The van der Waals surface area contributed by atoms with Crippen LogP contribution in [-0.4, -0.2) is 28.7 Å². The van der Waals surface area contributed by atoms with E-state index in [1.165, 1.54) is 9.13 Å². The minimum absolute atomic E-state index is 0.502. The third kappa shape index (κ3) is 8.33. The van der Waals surface area contributed by atoms with Crippen molar-refractivity contribution < 1.29 is 15.6 Å². The summed E-state index contributed by atoms with van der Waals surface area (Å²) in [6, 6.07) is 7.96. The highest BCUT2D eigenvalue weighted by atomic mass is 127. The average Bonchev–Trinajstić information content (AvgIpc) is 2.46. The molecule has 0 bridgehead atoms. The molecule has 0 aliphatic rings. The Balaban J connectivity index is 2.09. The summed E-state index contributed by atoms with van der Waals surface area (Å²) >= 11 is 7.60. The zero-order chi connectivity index (χ0) is 15.7. The van der Waals surface area contributed by atoms with Gasteiger partial charge in [0.2, 0.25) is 0 Å². The minimum Gasteiger partial charge on any atom is -0.477 e.